The Morgan fingerprint density at radius 3 is 2.32 bits per heavy atom. The molecule has 1 N–H and O–H groups in total. The molecule has 2 aromatic heterocycles. The molecule has 9 nitrogen and oxygen atoms in total. The summed E-state index contributed by atoms with van der Waals surface area (Å²) in [6, 6.07) is 19.1. The minimum Gasteiger partial charge on any atom is -0.328 e. The van der Waals surface area contributed by atoms with Gasteiger partial charge in [-0.25, -0.2) is 14.3 Å². The van der Waals surface area contributed by atoms with Gasteiger partial charge in [0, 0.05) is 14.1 Å². The molecule has 0 radical (unpaired) electrons. The molecule has 1 amide bonds. The Bertz CT molecular complexity index is 1340. The Balaban J connectivity index is 1.64. The highest BCUT2D eigenvalue weighted by molar-refractivity contribution is 5.78. The highest BCUT2D eigenvalue weighted by Gasteiger charge is 2.18. The minimum atomic E-state index is -0.597. The van der Waals surface area contributed by atoms with Crippen LogP contribution in [0.25, 0.3) is 11.2 Å². The first-order valence-corrected chi connectivity index (χ1v) is 9.72. The number of nitrogens with zero attached hydrogens (tertiary/aromatic N) is 5. The summed E-state index contributed by atoms with van der Waals surface area (Å²) in [4.78, 5) is 42.5. The van der Waals surface area contributed by atoms with Gasteiger partial charge in [-0.2, -0.15) is 0 Å². The molecule has 4 rings (SSSR count). The van der Waals surface area contributed by atoms with Crippen LogP contribution in [0.2, 0.25) is 0 Å². The van der Waals surface area contributed by atoms with E-state index in [1.807, 2.05) is 60.7 Å². The number of para-hydroxylation sites is 1. The van der Waals surface area contributed by atoms with E-state index in [4.69, 9.17) is 0 Å². The lowest BCUT2D eigenvalue weighted by molar-refractivity contribution is -0.122. The standard InChI is InChI=1S/C22H22N6O3/c1-25-15-23-20-19(25)21(30)27(22(31)26(20)2)14-18(29)24-28(17-11-7-4-8-12-17)13-16-9-5-3-6-10-16/h3-12,15H,13-14H2,1-2H3,(H,24,29). The Kier molecular flexibility index (Phi) is 5.40. The van der Waals surface area contributed by atoms with Crippen LogP contribution >= 0.6 is 0 Å². The highest BCUT2D eigenvalue weighted by Crippen LogP contribution is 2.14. The smallest absolute Gasteiger partial charge is 0.328 e. The number of hydrogen-bond donors (Lipinski definition) is 1. The highest BCUT2D eigenvalue weighted by atomic mass is 16.2. The summed E-state index contributed by atoms with van der Waals surface area (Å²) in [5.41, 5.74) is 4.00. The molecule has 158 valence electrons. The van der Waals surface area contributed by atoms with Gasteiger partial charge in [-0.15, -0.1) is 0 Å². The summed E-state index contributed by atoms with van der Waals surface area (Å²) >= 11 is 0. The quantitative estimate of drug-likeness (QED) is 0.475. The van der Waals surface area contributed by atoms with Gasteiger partial charge in [-0.3, -0.25) is 24.6 Å². The zero-order valence-electron chi connectivity index (χ0n) is 17.2. The summed E-state index contributed by atoms with van der Waals surface area (Å²) in [5.74, 6) is -0.486. The summed E-state index contributed by atoms with van der Waals surface area (Å²) < 4.78 is 3.73. The number of hydrazine groups is 1. The molecule has 0 aliphatic rings. The van der Waals surface area contributed by atoms with E-state index in [1.54, 1.807) is 12.1 Å². The second-order valence-electron chi connectivity index (χ2n) is 7.20. The molecule has 31 heavy (non-hydrogen) atoms. The first kappa shape index (κ1) is 20.1. The topological polar surface area (TPSA) is 94.2 Å². The van der Waals surface area contributed by atoms with E-state index in [0.717, 1.165) is 15.8 Å². The van der Waals surface area contributed by atoms with Gasteiger partial charge in [0.1, 0.15) is 6.54 Å². The van der Waals surface area contributed by atoms with Crippen molar-refractivity contribution in [1.82, 2.24) is 24.1 Å². The molecule has 0 spiro atoms. The van der Waals surface area contributed by atoms with Crippen molar-refractivity contribution in [1.29, 1.82) is 0 Å². The maximum absolute atomic E-state index is 12.9. The van der Waals surface area contributed by atoms with Crippen molar-refractivity contribution < 1.29 is 4.79 Å². The summed E-state index contributed by atoms with van der Waals surface area (Å²) in [6.07, 6.45) is 1.47. The van der Waals surface area contributed by atoms with Gasteiger partial charge in [0.25, 0.3) is 11.5 Å². The number of amides is 1. The average molecular weight is 418 g/mol. The Morgan fingerprint density at radius 2 is 1.65 bits per heavy atom. The molecule has 2 aromatic carbocycles. The van der Waals surface area contributed by atoms with E-state index >= 15 is 0 Å². The van der Waals surface area contributed by atoms with Crippen molar-refractivity contribution >= 4 is 22.8 Å². The number of aryl methyl sites for hydroxylation is 2. The molecule has 0 saturated heterocycles. The number of aromatic nitrogens is 4. The van der Waals surface area contributed by atoms with Gasteiger partial charge < -0.3 is 4.57 Å². The van der Waals surface area contributed by atoms with Crippen LogP contribution in [-0.4, -0.2) is 24.6 Å². The van der Waals surface area contributed by atoms with Crippen molar-refractivity contribution in [3.05, 3.63) is 93.4 Å². The van der Waals surface area contributed by atoms with E-state index in [0.29, 0.717) is 6.54 Å². The van der Waals surface area contributed by atoms with Crippen LogP contribution in [0.3, 0.4) is 0 Å². The predicted molar refractivity (Wildman–Crippen MR) is 117 cm³/mol. The van der Waals surface area contributed by atoms with Gasteiger partial charge in [-0.1, -0.05) is 48.5 Å². The van der Waals surface area contributed by atoms with E-state index in [9.17, 15) is 14.4 Å². The van der Waals surface area contributed by atoms with E-state index < -0.39 is 23.7 Å². The lowest BCUT2D eigenvalue weighted by Gasteiger charge is -2.25. The van der Waals surface area contributed by atoms with Crippen LogP contribution in [0.4, 0.5) is 5.69 Å². The van der Waals surface area contributed by atoms with E-state index in [-0.39, 0.29) is 11.2 Å². The van der Waals surface area contributed by atoms with E-state index in [1.165, 1.54) is 22.5 Å². The van der Waals surface area contributed by atoms with E-state index in [2.05, 4.69) is 10.4 Å². The fourth-order valence-corrected chi connectivity index (χ4v) is 3.43. The second-order valence-corrected chi connectivity index (χ2v) is 7.20. The van der Waals surface area contributed by atoms with Crippen molar-refractivity contribution in [2.75, 3.05) is 5.01 Å². The first-order chi connectivity index (χ1) is 15.0. The fraction of sp³-hybridized carbons (Fsp3) is 0.182. The first-order valence-electron chi connectivity index (χ1n) is 9.72. The molecule has 0 atom stereocenters. The average Bonchev–Trinajstić information content (AvgIpc) is 3.18. The van der Waals surface area contributed by atoms with Gasteiger partial charge in [0.05, 0.1) is 18.6 Å². The Morgan fingerprint density at radius 1 is 1.00 bits per heavy atom. The maximum Gasteiger partial charge on any atom is 0.332 e. The molecule has 0 unspecified atom stereocenters. The number of carbonyl (C=O) groups is 1. The van der Waals surface area contributed by atoms with Gasteiger partial charge >= 0.3 is 5.69 Å². The number of carbonyl (C=O) groups excluding carboxylic acids is 1. The maximum atomic E-state index is 12.9. The molecular formula is C22H22N6O3. The monoisotopic (exact) mass is 418 g/mol. The second kappa shape index (κ2) is 8.31. The SMILES string of the molecule is Cn1cnc2c1c(=O)n(CC(=O)NN(Cc1ccccc1)c1ccccc1)c(=O)n2C. The van der Waals surface area contributed by atoms with Crippen molar-refractivity contribution in [2.24, 2.45) is 14.1 Å². The summed E-state index contributed by atoms with van der Waals surface area (Å²) in [6.45, 7) is 0.00895. The summed E-state index contributed by atoms with van der Waals surface area (Å²) in [5, 5.41) is 1.69. The molecule has 0 fully saturated rings. The molecule has 0 bridgehead atoms. The number of rotatable bonds is 6. The fourth-order valence-electron chi connectivity index (χ4n) is 3.43. The molecular weight excluding hydrogens is 396 g/mol. The zero-order valence-corrected chi connectivity index (χ0v) is 17.2. The number of hydrogen-bond acceptors (Lipinski definition) is 5. The molecule has 0 saturated carbocycles. The molecule has 2 heterocycles. The van der Waals surface area contributed by atoms with Crippen LogP contribution in [0.5, 0.6) is 0 Å². The molecule has 0 aliphatic heterocycles. The third-order valence-electron chi connectivity index (χ3n) is 5.01. The number of imidazole rings is 1. The van der Waals surface area contributed by atoms with Crippen LogP contribution in [-0.2, 0) is 32.0 Å². The minimum absolute atomic E-state index is 0.263. The van der Waals surface area contributed by atoms with Gasteiger partial charge in [-0.05, 0) is 17.7 Å². The number of nitrogens with one attached hydrogen (secondary N) is 1. The normalized spacial score (nSPS) is 10.9. The van der Waals surface area contributed by atoms with Crippen LogP contribution in [0, 0.1) is 0 Å². The molecule has 4 aromatic rings. The Labute approximate surface area is 177 Å². The number of anilines is 1. The van der Waals surface area contributed by atoms with Gasteiger partial charge in [0.2, 0.25) is 0 Å². The van der Waals surface area contributed by atoms with Crippen LogP contribution in [0.15, 0.2) is 76.6 Å². The summed E-state index contributed by atoms with van der Waals surface area (Å²) in [7, 11) is 3.19. The van der Waals surface area contributed by atoms with Crippen molar-refractivity contribution in [3.63, 3.8) is 0 Å². The largest absolute Gasteiger partial charge is 0.332 e. The number of benzene rings is 2. The third-order valence-corrected chi connectivity index (χ3v) is 5.01. The van der Waals surface area contributed by atoms with Crippen molar-refractivity contribution in [2.45, 2.75) is 13.1 Å². The van der Waals surface area contributed by atoms with Crippen molar-refractivity contribution in [3.8, 4) is 0 Å². The lowest BCUT2D eigenvalue weighted by atomic mass is 10.2. The van der Waals surface area contributed by atoms with Crippen LogP contribution < -0.4 is 21.7 Å². The zero-order chi connectivity index (χ0) is 22.0. The lowest BCUT2D eigenvalue weighted by Crippen LogP contribution is -2.48. The molecule has 9 heteroatoms. The van der Waals surface area contributed by atoms with Crippen LogP contribution in [0.1, 0.15) is 5.56 Å². The predicted octanol–water partition coefficient (Wildman–Crippen LogP) is 1.17. The third kappa shape index (κ3) is 3.97. The molecule has 0 aliphatic carbocycles. The Hall–Kier alpha value is -4.14. The van der Waals surface area contributed by atoms with Gasteiger partial charge in [0.15, 0.2) is 11.2 Å². The number of fused-ring (bicyclic) bond motifs is 1.